The molecule has 0 fully saturated rings. The van der Waals surface area contributed by atoms with E-state index in [0.717, 1.165) is 0 Å². The minimum absolute atomic E-state index is 0.0120. The predicted molar refractivity (Wildman–Crippen MR) is 43.7 cm³/mol. The third-order valence-electron chi connectivity index (χ3n) is 2.05. The van der Waals surface area contributed by atoms with E-state index in [1.165, 1.54) is 6.92 Å². The molecule has 2 nitrogen and oxygen atoms in total. The summed E-state index contributed by atoms with van der Waals surface area (Å²) < 4.78 is 54.6. The topological polar surface area (TPSA) is 26.0 Å². The SMILES string of the molecule is Cc1noc2cc(F)c(C(F)(F)F)cc12. The second-order valence-corrected chi connectivity index (χ2v) is 3.09. The lowest BCUT2D eigenvalue weighted by Gasteiger charge is -2.06. The molecule has 0 saturated carbocycles. The van der Waals surface area contributed by atoms with Gasteiger partial charge in [0.2, 0.25) is 0 Å². The van der Waals surface area contributed by atoms with Crippen molar-refractivity contribution in [1.82, 2.24) is 5.16 Å². The second kappa shape index (κ2) is 2.95. The lowest BCUT2D eigenvalue weighted by atomic mass is 10.1. The first kappa shape index (κ1) is 9.95. The number of benzene rings is 1. The van der Waals surface area contributed by atoms with Crippen LogP contribution >= 0.6 is 0 Å². The van der Waals surface area contributed by atoms with Gasteiger partial charge in [-0.05, 0) is 13.0 Å². The third kappa shape index (κ3) is 1.55. The number of fused-ring (bicyclic) bond motifs is 1. The highest BCUT2D eigenvalue weighted by Gasteiger charge is 2.34. The van der Waals surface area contributed by atoms with E-state index >= 15 is 0 Å². The van der Waals surface area contributed by atoms with Crippen LogP contribution in [0.5, 0.6) is 0 Å². The molecule has 0 atom stereocenters. The van der Waals surface area contributed by atoms with Crippen molar-refractivity contribution in [3.05, 3.63) is 29.2 Å². The fourth-order valence-corrected chi connectivity index (χ4v) is 1.30. The van der Waals surface area contributed by atoms with Crippen LogP contribution in [-0.2, 0) is 6.18 Å². The average molecular weight is 219 g/mol. The molecule has 0 aliphatic heterocycles. The summed E-state index contributed by atoms with van der Waals surface area (Å²) >= 11 is 0. The molecule has 15 heavy (non-hydrogen) atoms. The number of hydrogen-bond donors (Lipinski definition) is 0. The first-order valence-corrected chi connectivity index (χ1v) is 4.02. The van der Waals surface area contributed by atoms with Gasteiger partial charge in [0.1, 0.15) is 5.82 Å². The van der Waals surface area contributed by atoms with Crippen molar-refractivity contribution in [2.24, 2.45) is 0 Å². The molecule has 0 saturated heterocycles. The van der Waals surface area contributed by atoms with Gasteiger partial charge in [0, 0.05) is 11.5 Å². The molecule has 0 radical (unpaired) electrons. The molecule has 1 heterocycles. The van der Waals surface area contributed by atoms with Gasteiger partial charge in [0.15, 0.2) is 5.58 Å². The summed E-state index contributed by atoms with van der Waals surface area (Å²) in [6.45, 7) is 1.49. The molecule has 6 heteroatoms. The smallest absolute Gasteiger partial charge is 0.356 e. The maximum atomic E-state index is 13.0. The summed E-state index contributed by atoms with van der Waals surface area (Å²) in [6.07, 6.45) is -4.71. The molecule has 1 aromatic heterocycles. The number of nitrogens with zero attached hydrogens (tertiary/aromatic N) is 1. The van der Waals surface area contributed by atoms with E-state index in [1.807, 2.05) is 0 Å². The number of rotatable bonds is 0. The summed E-state index contributed by atoms with van der Waals surface area (Å²) in [7, 11) is 0. The quantitative estimate of drug-likeness (QED) is 0.635. The number of halogens is 4. The normalized spacial score (nSPS) is 12.3. The van der Waals surface area contributed by atoms with Gasteiger partial charge in [-0.2, -0.15) is 13.2 Å². The lowest BCUT2D eigenvalue weighted by molar-refractivity contribution is -0.139. The van der Waals surface area contributed by atoms with E-state index in [9.17, 15) is 17.6 Å². The Morgan fingerprint density at radius 1 is 1.27 bits per heavy atom. The molecule has 0 bridgehead atoms. The van der Waals surface area contributed by atoms with Crippen molar-refractivity contribution in [2.75, 3.05) is 0 Å². The Morgan fingerprint density at radius 2 is 1.93 bits per heavy atom. The molecule has 2 rings (SSSR count). The number of aryl methyl sites for hydroxylation is 1. The zero-order valence-electron chi connectivity index (χ0n) is 7.52. The summed E-state index contributed by atoms with van der Waals surface area (Å²) in [5.74, 6) is -1.36. The maximum Gasteiger partial charge on any atom is 0.419 e. The highest BCUT2D eigenvalue weighted by molar-refractivity contribution is 5.80. The molecule has 0 unspecified atom stereocenters. The molecule has 0 N–H and O–H groups in total. The van der Waals surface area contributed by atoms with Crippen LogP contribution in [-0.4, -0.2) is 5.16 Å². The number of hydrogen-bond acceptors (Lipinski definition) is 2. The highest BCUT2D eigenvalue weighted by Crippen LogP contribution is 2.34. The largest absolute Gasteiger partial charge is 0.419 e. The van der Waals surface area contributed by atoms with E-state index in [2.05, 4.69) is 9.68 Å². The molecular weight excluding hydrogens is 214 g/mol. The monoisotopic (exact) mass is 219 g/mol. The van der Waals surface area contributed by atoms with Crippen molar-refractivity contribution in [2.45, 2.75) is 13.1 Å². The molecule has 1 aromatic carbocycles. The van der Waals surface area contributed by atoms with E-state index < -0.39 is 17.6 Å². The Balaban J connectivity index is 2.76. The van der Waals surface area contributed by atoms with E-state index in [0.29, 0.717) is 17.8 Å². The van der Waals surface area contributed by atoms with Crippen molar-refractivity contribution in [3.8, 4) is 0 Å². The number of alkyl halides is 3. The van der Waals surface area contributed by atoms with Gasteiger partial charge in [-0.25, -0.2) is 4.39 Å². The summed E-state index contributed by atoms with van der Waals surface area (Å²) in [5, 5.41) is 3.62. The molecule has 80 valence electrons. The van der Waals surface area contributed by atoms with Crippen LogP contribution in [0.1, 0.15) is 11.3 Å². The molecular formula is C9H5F4NO. The van der Waals surface area contributed by atoms with Gasteiger partial charge in [-0.1, -0.05) is 5.16 Å². The van der Waals surface area contributed by atoms with Gasteiger partial charge in [-0.15, -0.1) is 0 Å². The fraction of sp³-hybridized carbons (Fsp3) is 0.222. The second-order valence-electron chi connectivity index (χ2n) is 3.09. The van der Waals surface area contributed by atoms with Crippen LogP contribution in [0, 0.1) is 12.7 Å². The van der Waals surface area contributed by atoms with Gasteiger partial charge in [0.25, 0.3) is 0 Å². The lowest BCUT2D eigenvalue weighted by Crippen LogP contribution is -2.07. The minimum atomic E-state index is -4.71. The predicted octanol–water partition coefficient (Wildman–Crippen LogP) is 3.29. The highest BCUT2D eigenvalue weighted by atomic mass is 19.4. The van der Waals surface area contributed by atoms with Crippen LogP contribution < -0.4 is 0 Å². The Hall–Kier alpha value is -1.59. The van der Waals surface area contributed by atoms with Gasteiger partial charge < -0.3 is 4.52 Å². The van der Waals surface area contributed by atoms with Crippen LogP contribution in [0.2, 0.25) is 0 Å². The fourth-order valence-electron chi connectivity index (χ4n) is 1.30. The van der Waals surface area contributed by atoms with E-state index in [1.54, 1.807) is 0 Å². The van der Waals surface area contributed by atoms with Crippen molar-refractivity contribution in [3.63, 3.8) is 0 Å². The maximum absolute atomic E-state index is 13.0. The van der Waals surface area contributed by atoms with Crippen LogP contribution in [0.4, 0.5) is 17.6 Å². The van der Waals surface area contributed by atoms with Gasteiger partial charge in [0.05, 0.1) is 11.3 Å². The van der Waals surface area contributed by atoms with Gasteiger partial charge in [-0.3, -0.25) is 0 Å². The minimum Gasteiger partial charge on any atom is -0.356 e. The first-order valence-electron chi connectivity index (χ1n) is 4.02. The average Bonchev–Trinajstić information content (AvgIpc) is 2.44. The molecule has 0 spiro atoms. The van der Waals surface area contributed by atoms with Crippen LogP contribution in [0.3, 0.4) is 0 Å². The molecule has 0 aliphatic rings. The van der Waals surface area contributed by atoms with E-state index in [-0.39, 0.29) is 11.0 Å². The van der Waals surface area contributed by atoms with Crippen molar-refractivity contribution in [1.29, 1.82) is 0 Å². The molecule has 0 aliphatic carbocycles. The Kier molecular flexibility index (Phi) is 1.95. The Morgan fingerprint density at radius 3 is 2.53 bits per heavy atom. The van der Waals surface area contributed by atoms with Crippen LogP contribution in [0.15, 0.2) is 16.7 Å². The van der Waals surface area contributed by atoms with Crippen molar-refractivity contribution >= 4 is 11.0 Å². The zero-order chi connectivity index (χ0) is 11.2. The summed E-state index contributed by atoms with van der Waals surface area (Å²) in [6, 6.07) is 1.40. The van der Waals surface area contributed by atoms with Crippen LogP contribution in [0.25, 0.3) is 11.0 Å². The first-order chi connectivity index (χ1) is 6.89. The summed E-state index contributed by atoms with van der Waals surface area (Å²) in [5.41, 5.74) is -0.991. The standard InChI is InChI=1S/C9H5F4NO/c1-4-5-2-6(9(11,12)13)7(10)3-8(5)15-14-4/h2-3H,1H3. The zero-order valence-corrected chi connectivity index (χ0v) is 7.52. The number of aromatic nitrogens is 1. The Labute approximate surface area is 81.5 Å². The van der Waals surface area contributed by atoms with Crippen molar-refractivity contribution < 1.29 is 22.1 Å². The molecule has 0 amide bonds. The third-order valence-corrected chi connectivity index (χ3v) is 2.05. The van der Waals surface area contributed by atoms with E-state index in [4.69, 9.17) is 0 Å². The van der Waals surface area contributed by atoms with Gasteiger partial charge >= 0.3 is 6.18 Å². The summed E-state index contributed by atoms with van der Waals surface area (Å²) in [4.78, 5) is 0. The molecule has 2 aromatic rings. The Bertz CT molecular complexity index is 515.